The second-order valence-corrected chi connectivity index (χ2v) is 9.45. The minimum absolute atomic E-state index is 0.0699. The van der Waals surface area contributed by atoms with Crippen molar-refractivity contribution in [1.29, 1.82) is 0 Å². The second kappa shape index (κ2) is 11.3. The fourth-order valence-corrected chi connectivity index (χ4v) is 3.86. The molecule has 1 fully saturated rings. The fraction of sp³-hybridized carbons (Fsp3) is 0.481. The highest BCUT2D eigenvalue weighted by atomic mass is 16.5. The predicted octanol–water partition coefficient (Wildman–Crippen LogP) is 5.04. The van der Waals surface area contributed by atoms with Crippen molar-refractivity contribution in [2.75, 3.05) is 25.1 Å². The SMILES string of the molecule is Cc1ccc(C)c(OCCCC(C)(C)C(=O)Nc2ccccc2C(=O)NCC2CCCO2)c1. The highest BCUT2D eigenvalue weighted by Crippen LogP contribution is 2.27. The van der Waals surface area contributed by atoms with Gasteiger partial charge in [0.2, 0.25) is 5.91 Å². The lowest BCUT2D eigenvalue weighted by atomic mass is 9.86. The third-order valence-electron chi connectivity index (χ3n) is 6.10. The number of amides is 2. The number of hydrogen-bond donors (Lipinski definition) is 2. The Morgan fingerprint density at radius 3 is 2.70 bits per heavy atom. The highest BCUT2D eigenvalue weighted by molar-refractivity contribution is 6.04. The Hall–Kier alpha value is -2.86. The van der Waals surface area contributed by atoms with Gasteiger partial charge in [0.15, 0.2) is 0 Å². The Kier molecular flexibility index (Phi) is 8.50. The number of hydrogen-bond acceptors (Lipinski definition) is 4. The number of rotatable bonds is 10. The summed E-state index contributed by atoms with van der Waals surface area (Å²) in [5.41, 5.74) is 2.64. The standard InChI is InChI=1S/C27H36N2O4/c1-19-12-13-20(2)24(17-19)33-16-8-14-27(3,4)26(31)29-23-11-6-5-10-22(23)25(30)28-18-21-9-7-15-32-21/h5-6,10-13,17,21H,7-9,14-16,18H2,1-4H3,(H,28,30)(H,29,31). The zero-order valence-corrected chi connectivity index (χ0v) is 20.2. The van der Waals surface area contributed by atoms with E-state index in [2.05, 4.69) is 22.8 Å². The monoisotopic (exact) mass is 452 g/mol. The van der Waals surface area contributed by atoms with E-state index in [0.29, 0.717) is 30.8 Å². The first-order valence-electron chi connectivity index (χ1n) is 11.8. The van der Waals surface area contributed by atoms with E-state index in [1.807, 2.05) is 39.8 Å². The molecular formula is C27H36N2O4. The largest absolute Gasteiger partial charge is 0.493 e. The number of benzene rings is 2. The molecule has 0 bridgehead atoms. The van der Waals surface area contributed by atoms with Crippen molar-refractivity contribution in [3.63, 3.8) is 0 Å². The molecule has 33 heavy (non-hydrogen) atoms. The van der Waals surface area contributed by atoms with Gasteiger partial charge in [-0.2, -0.15) is 0 Å². The summed E-state index contributed by atoms with van der Waals surface area (Å²) in [5, 5.41) is 5.89. The summed E-state index contributed by atoms with van der Waals surface area (Å²) in [6.07, 6.45) is 3.47. The quantitative estimate of drug-likeness (QED) is 0.496. The van der Waals surface area contributed by atoms with E-state index >= 15 is 0 Å². The molecule has 1 heterocycles. The van der Waals surface area contributed by atoms with Crippen LogP contribution in [0.5, 0.6) is 5.75 Å². The second-order valence-electron chi connectivity index (χ2n) is 9.45. The van der Waals surface area contributed by atoms with Crippen LogP contribution in [0.2, 0.25) is 0 Å². The highest BCUT2D eigenvalue weighted by Gasteiger charge is 2.28. The van der Waals surface area contributed by atoms with Gasteiger partial charge in [-0.25, -0.2) is 0 Å². The number of nitrogens with one attached hydrogen (secondary N) is 2. The van der Waals surface area contributed by atoms with Crippen molar-refractivity contribution in [2.45, 2.75) is 59.5 Å². The van der Waals surface area contributed by atoms with Crippen LogP contribution >= 0.6 is 0 Å². The fourth-order valence-electron chi connectivity index (χ4n) is 3.86. The molecule has 0 radical (unpaired) electrons. The van der Waals surface area contributed by atoms with Crippen LogP contribution in [-0.2, 0) is 9.53 Å². The molecule has 1 saturated heterocycles. The Morgan fingerprint density at radius 1 is 1.15 bits per heavy atom. The maximum atomic E-state index is 13.0. The van der Waals surface area contributed by atoms with E-state index in [1.54, 1.807) is 18.2 Å². The van der Waals surface area contributed by atoms with Crippen molar-refractivity contribution in [3.8, 4) is 5.75 Å². The summed E-state index contributed by atoms with van der Waals surface area (Å²) >= 11 is 0. The number of ether oxygens (including phenoxy) is 2. The predicted molar refractivity (Wildman–Crippen MR) is 131 cm³/mol. The summed E-state index contributed by atoms with van der Waals surface area (Å²) < 4.78 is 11.5. The molecule has 1 aliphatic rings. The summed E-state index contributed by atoms with van der Waals surface area (Å²) in [5.74, 6) is 0.565. The average Bonchev–Trinajstić information content (AvgIpc) is 3.31. The molecule has 2 amide bonds. The van der Waals surface area contributed by atoms with Crippen molar-refractivity contribution in [3.05, 3.63) is 59.2 Å². The van der Waals surface area contributed by atoms with E-state index in [-0.39, 0.29) is 17.9 Å². The molecule has 6 heteroatoms. The summed E-state index contributed by atoms with van der Waals surface area (Å²) in [7, 11) is 0. The molecule has 3 rings (SSSR count). The topological polar surface area (TPSA) is 76.7 Å². The van der Waals surface area contributed by atoms with Gasteiger partial charge in [0, 0.05) is 18.6 Å². The van der Waals surface area contributed by atoms with Crippen molar-refractivity contribution in [2.24, 2.45) is 5.41 Å². The first-order valence-corrected chi connectivity index (χ1v) is 11.8. The molecule has 0 spiro atoms. The van der Waals surface area contributed by atoms with Crippen molar-refractivity contribution >= 4 is 17.5 Å². The normalized spacial score (nSPS) is 15.8. The Morgan fingerprint density at radius 2 is 1.94 bits per heavy atom. The van der Waals surface area contributed by atoms with E-state index in [9.17, 15) is 9.59 Å². The maximum Gasteiger partial charge on any atom is 0.253 e. The van der Waals surface area contributed by atoms with E-state index in [1.165, 1.54) is 0 Å². The molecule has 0 aromatic heterocycles. The van der Waals surface area contributed by atoms with Crippen LogP contribution in [0.4, 0.5) is 5.69 Å². The van der Waals surface area contributed by atoms with Crippen LogP contribution in [0.3, 0.4) is 0 Å². The minimum Gasteiger partial charge on any atom is -0.493 e. The van der Waals surface area contributed by atoms with Crippen LogP contribution in [-0.4, -0.2) is 37.7 Å². The molecule has 1 aliphatic heterocycles. The maximum absolute atomic E-state index is 13.0. The number of carbonyl (C=O) groups excluding carboxylic acids is 2. The lowest BCUT2D eigenvalue weighted by Gasteiger charge is -2.24. The molecule has 178 valence electrons. The van der Waals surface area contributed by atoms with Crippen LogP contribution in [0.1, 0.15) is 61.0 Å². The first-order chi connectivity index (χ1) is 15.8. The minimum atomic E-state index is -0.605. The first kappa shape index (κ1) is 24.8. The van der Waals surface area contributed by atoms with Gasteiger partial charge in [0.1, 0.15) is 5.75 Å². The molecule has 2 aromatic carbocycles. The van der Waals surface area contributed by atoms with E-state index < -0.39 is 5.41 Å². The average molecular weight is 453 g/mol. The Balaban J connectivity index is 1.52. The van der Waals surface area contributed by atoms with Gasteiger partial charge in [-0.15, -0.1) is 0 Å². The van der Waals surface area contributed by atoms with Gasteiger partial charge >= 0.3 is 0 Å². The molecule has 0 saturated carbocycles. The Bertz CT molecular complexity index is 964. The van der Waals surface area contributed by atoms with Gasteiger partial charge in [0.05, 0.1) is 24.0 Å². The third-order valence-corrected chi connectivity index (χ3v) is 6.10. The number of aryl methyl sites for hydroxylation is 2. The van der Waals surface area contributed by atoms with Crippen molar-refractivity contribution in [1.82, 2.24) is 5.32 Å². The van der Waals surface area contributed by atoms with Gasteiger partial charge in [-0.1, -0.05) is 38.1 Å². The zero-order chi connectivity index (χ0) is 23.8. The number of anilines is 1. The van der Waals surface area contributed by atoms with Crippen LogP contribution < -0.4 is 15.4 Å². The molecule has 1 atom stereocenters. The molecule has 2 N–H and O–H groups in total. The van der Waals surface area contributed by atoms with Gasteiger partial charge in [0.25, 0.3) is 5.91 Å². The van der Waals surface area contributed by atoms with Crippen LogP contribution in [0.25, 0.3) is 0 Å². The number of para-hydroxylation sites is 1. The summed E-state index contributed by atoms with van der Waals surface area (Å²) in [4.78, 5) is 25.8. The number of carbonyl (C=O) groups is 2. The third kappa shape index (κ3) is 7.06. The van der Waals surface area contributed by atoms with E-state index in [4.69, 9.17) is 9.47 Å². The smallest absolute Gasteiger partial charge is 0.253 e. The molecule has 2 aromatic rings. The molecule has 0 aliphatic carbocycles. The zero-order valence-electron chi connectivity index (χ0n) is 20.2. The lowest BCUT2D eigenvalue weighted by Crippen LogP contribution is -2.34. The van der Waals surface area contributed by atoms with Crippen LogP contribution in [0.15, 0.2) is 42.5 Å². The van der Waals surface area contributed by atoms with E-state index in [0.717, 1.165) is 42.7 Å². The van der Waals surface area contributed by atoms with Gasteiger partial charge in [-0.3, -0.25) is 9.59 Å². The molecule has 6 nitrogen and oxygen atoms in total. The summed E-state index contributed by atoms with van der Waals surface area (Å²) in [6.45, 7) is 9.68. The van der Waals surface area contributed by atoms with Gasteiger partial charge < -0.3 is 20.1 Å². The molecule has 1 unspecified atom stereocenters. The lowest BCUT2D eigenvalue weighted by molar-refractivity contribution is -0.124. The van der Waals surface area contributed by atoms with Crippen LogP contribution in [0, 0.1) is 19.3 Å². The summed E-state index contributed by atoms with van der Waals surface area (Å²) in [6, 6.07) is 13.3. The van der Waals surface area contributed by atoms with Crippen molar-refractivity contribution < 1.29 is 19.1 Å². The molecular weight excluding hydrogens is 416 g/mol. The Labute approximate surface area is 197 Å². The van der Waals surface area contributed by atoms with Gasteiger partial charge in [-0.05, 0) is 68.9 Å².